The topological polar surface area (TPSA) is 205 Å². The molecule has 0 saturated carbocycles. The number of hydrogen-bond donors (Lipinski definition) is 1. The highest BCUT2D eigenvalue weighted by Gasteiger charge is 2.79. The molecule has 14 nitrogen and oxygen atoms in total. The van der Waals surface area contributed by atoms with E-state index in [0.717, 1.165) is 0 Å². The van der Waals surface area contributed by atoms with E-state index in [0.29, 0.717) is 0 Å². The van der Waals surface area contributed by atoms with Crippen LogP contribution in [0.5, 0.6) is 0 Å². The van der Waals surface area contributed by atoms with E-state index >= 15 is 0 Å². The maximum atomic E-state index is 10.2. The quantitative estimate of drug-likeness (QED) is 0.197. The van der Waals surface area contributed by atoms with Crippen molar-refractivity contribution in [1.82, 2.24) is 0 Å². The largest absolute Gasteiger partial charge is 0.785 e. The Hall–Kier alpha value is -2.93. The second kappa shape index (κ2) is 4.07. The van der Waals surface area contributed by atoms with Gasteiger partial charge in [0.1, 0.15) is 5.10 Å². The normalized spacial score (nSPS) is 11.9. The number of hydrogen-bond acceptors (Lipinski definition) is 8. The summed E-state index contributed by atoms with van der Waals surface area (Å²) in [6.45, 7) is 0. The Bertz CT molecular complexity index is 361. The number of aliphatic hydroxyl groups excluding tert-OH is 1. The van der Waals surface area contributed by atoms with Gasteiger partial charge < -0.3 is 5.11 Å². The van der Waals surface area contributed by atoms with Crippen molar-refractivity contribution in [1.29, 1.82) is 0 Å². The lowest BCUT2D eigenvalue weighted by atomic mass is 10.4. The van der Waals surface area contributed by atoms with Gasteiger partial charge in [0.2, 0.25) is 0 Å². The predicted molar refractivity (Wildman–Crippen MR) is 40.8 cm³/mol. The average molecular weight is 239 g/mol. The summed E-state index contributed by atoms with van der Waals surface area (Å²) in [7, 11) is 0. The molecule has 0 aliphatic heterocycles. The summed E-state index contributed by atoms with van der Waals surface area (Å²) in [6.07, 6.45) is 0. The zero-order valence-electron chi connectivity index (χ0n) is 6.95. The van der Waals surface area contributed by atoms with Crippen LogP contribution >= 0.6 is 0 Å². The fourth-order valence-corrected chi connectivity index (χ4v) is 0.589. The molecule has 0 saturated heterocycles. The fraction of sp³-hybridized carbons (Fsp3) is 0.500. The summed E-state index contributed by atoms with van der Waals surface area (Å²) in [4.78, 5) is 33.9. The summed E-state index contributed by atoms with van der Waals surface area (Å²) in [5.41, 5.74) is 0. The summed E-state index contributed by atoms with van der Waals surface area (Å²) >= 11 is 0. The van der Waals surface area contributed by atoms with E-state index in [2.05, 4.69) is 0 Å². The van der Waals surface area contributed by atoms with Crippen LogP contribution < -0.4 is 0 Å². The SMILES string of the molecule is O=[N+]([O-])/N=C(\O)C([N+](=O)[O-])([N+](=O)[O-])[N+](=O)[O-]. The lowest BCUT2D eigenvalue weighted by molar-refractivity contribution is -0.947. The Balaban J connectivity index is 5.93. The molecule has 14 heteroatoms. The monoisotopic (exact) mass is 239 g/mol. The van der Waals surface area contributed by atoms with Gasteiger partial charge >= 0.3 is 11.7 Å². The molecule has 88 valence electrons. The highest BCUT2D eigenvalue weighted by Crippen LogP contribution is 2.13. The minimum atomic E-state index is -4.48. The van der Waals surface area contributed by atoms with Crippen LogP contribution in [0.4, 0.5) is 0 Å². The molecule has 0 heterocycles. The van der Waals surface area contributed by atoms with Crippen LogP contribution in [0.25, 0.3) is 0 Å². The highest BCUT2D eigenvalue weighted by molar-refractivity contribution is 5.78. The standard InChI is InChI=1S/C2HN5O9/c8-1(3-7(15)16)2(4(9)10,5(11)12)6(13)14/h(H,3,8). The van der Waals surface area contributed by atoms with Crippen molar-refractivity contribution in [2.24, 2.45) is 5.10 Å². The Labute approximate surface area is 83.4 Å². The maximum Gasteiger partial charge on any atom is 0.785 e. The van der Waals surface area contributed by atoms with Crippen LogP contribution in [-0.4, -0.2) is 36.6 Å². The van der Waals surface area contributed by atoms with Crippen molar-refractivity contribution in [2.45, 2.75) is 5.79 Å². The summed E-state index contributed by atoms with van der Waals surface area (Å²) in [5.74, 6) is -6.94. The van der Waals surface area contributed by atoms with E-state index in [4.69, 9.17) is 5.11 Å². The van der Waals surface area contributed by atoms with Crippen molar-refractivity contribution in [3.8, 4) is 0 Å². The lowest BCUT2D eigenvalue weighted by Crippen LogP contribution is -2.59. The number of rotatable bonds is 5. The van der Waals surface area contributed by atoms with Crippen molar-refractivity contribution in [3.05, 3.63) is 40.5 Å². The van der Waals surface area contributed by atoms with Gasteiger partial charge in [0.25, 0.3) is 0 Å². The molecule has 0 unspecified atom stereocenters. The second-order valence-electron chi connectivity index (χ2n) is 2.07. The third kappa shape index (κ3) is 1.79. The smallest absolute Gasteiger partial charge is 0.475 e. The van der Waals surface area contributed by atoms with E-state index in [1.165, 1.54) is 0 Å². The Morgan fingerprint density at radius 2 is 1.25 bits per heavy atom. The molecule has 0 aliphatic rings. The first kappa shape index (κ1) is 13.1. The minimum absolute atomic E-state index is 1.75. The van der Waals surface area contributed by atoms with Gasteiger partial charge in [-0.3, -0.25) is 30.3 Å². The van der Waals surface area contributed by atoms with Crippen molar-refractivity contribution < 1.29 is 24.9 Å². The van der Waals surface area contributed by atoms with Crippen LogP contribution in [0, 0.1) is 40.5 Å². The first-order valence-corrected chi connectivity index (χ1v) is 3.03. The van der Waals surface area contributed by atoms with Crippen molar-refractivity contribution in [2.75, 3.05) is 0 Å². The zero-order valence-corrected chi connectivity index (χ0v) is 6.95. The van der Waals surface area contributed by atoms with Gasteiger partial charge in [-0.15, -0.1) is 0 Å². The number of aliphatic hydroxyl groups is 1. The van der Waals surface area contributed by atoms with E-state index < -0.39 is 31.5 Å². The molecule has 0 aliphatic carbocycles. The minimum Gasteiger partial charge on any atom is -0.475 e. The zero-order chi connectivity index (χ0) is 13.1. The molecule has 0 bridgehead atoms. The lowest BCUT2D eigenvalue weighted by Gasteiger charge is -2.03. The van der Waals surface area contributed by atoms with Crippen LogP contribution in [0.3, 0.4) is 0 Å². The van der Waals surface area contributed by atoms with Gasteiger partial charge in [-0.25, -0.2) is 10.1 Å². The van der Waals surface area contributed by atoms with Crippen LogP contribution in [0.2, 0.25) is 0 Å². The van der Waals surface area contributed by atoms with Gasteiger partial charge in [-0.05, 0) is 0 Å². The van der Waals surface area contributed by atoms with Crippen LogP contribution in [-0.2, 0) is 0 Å². The summed E-state index contributed by atoms with van der Waals surface area (Å²) < 4.78 is 0. The molecule has 0 atom stereocenters. The molecule has 0 radical (unpaired) electrons. The van der Waals surface area contributed by atoms with Gasteiger partial charge in [0.15, 0.2) is 19.8 Å². The Morgan fingerprint density at radius 3 is 1.44 bits per heavy atom. The highest BCUT2D eigenvalue weighted by atomic mass is 16.7. The molecule has 0 aromatic heterocycles. The molecule has 16 heavy (non-hydrogen) atoms. The van der Waals surface area contributed by atoms with E-state index in [1.807, 2.05) is 0 Å². The third-order valence-electron chi connectivity index (χ3n) is 1.24. The summed E-state index contributed by atoms with van der Waals surface area (Å²) in [5, 5.41) is 48.9. The molecule has 1 N–H and O–H groups in total. The molecule has 0 aromatic rings. The van der Waals surface area contributed by atoms with E-state index in [9.17, 15) is 40.5 Å². The summed E-state index contributed by atoms with van der Waals surface area (Å²) in [6, 6.07) is 0. The molecule has 0 fully saturated rings. The van der Waals surface area contributed by atoms with Gasteiger partial charge in [-0.2, -0.15) is 0 Å². The van der Waals surface area contributed by atoms with Gasteiger partial charge in [0.05, 0.1) is 0 Å². The van der Waals surface area contributed by atoms with Crippen molar-refractivity contribution >= 4 is 5.90 Å². The maximum absolute atomic E-state index is 10.2. The Kier molecular flexibility index (Phi) is 3.32. The van der Waals surface area contributed by atoms with Crippen LogP contribution in [0.1, 0.15) is 0 Å². The number of nitrogens with zero attached hydrogens (tertiary/aromatic N) is 5. The first-order chi connectivity index (χ1) is 7.17. The average Bonchev–Trinajstić information content (AvgIpc) is 1.99. The molecular weight excluding hydrogens is 238 g/mol. The number of nitro groups is 4. The number of hydrazone groups is 1. The molecule has 0 rings (SSSR count). The molecule has 0 spiro atoms. The predicted octanol–water partition coefficient (Wildman–Crippen LogP) is -1.38. The van der Waals surface area contributed by atoms with E-state index in [1.54, 1.807) is 5.10 Å². The molecule has 0 amide bonds. The van der Waals surface area contributed by atoms with Gasteiger partial charge in [0, 0.05) is 0 Å². The molecule has 0 aromatic carbocycles. The molecular formula is C2HN5O9. The fourth-order valence-electron chi connectivity index (χ4n) is 0.589. The first-order valence-electron chi connectivity index (χ1n) is 3.03. The van der Waals surface area contributed by atoms with Crippen molar-refractivity contribution in [3.63, 3.8) is 0 Å². The van der Waals surface area contributed by atoms with Crippen LogP contribution in [0.15, 0.2) is 5.10 Å². The second-order valence-corrected chi connectivity index (χ2v) is 2.07. The van der Waals surface area contributed by atoms with E-state index in [-0.39, 0.29) is 0 Å². The van der Waals surface area contributed by atoms with Gasteiger partial charge in [-0.1, -0.05) is 0 Å². The third-order valence-corrected chi connectivity index (χ3v) is 1.24. The Morgan fingerprint density at radius 1 is 0.938 bits per heavy atom.